The van der Waals surface area contributed by atoms with Crippen LogP contribution in [0.4, 0.5) is 4.79 Å². The van der Waals surface area contributed by atoms with Gasteiger partial charge >= 0.3 is 18.0 Å². The number of ether oxygens (including phenoxy) is 3. The fourth-order valence-corrected chi connectivity index (χ4v) is 4.43. The lowest BCUT2D eigenvalue weighted by molar-refractivity contribution is -0.147. The maximum atomic E-state index is 13.4. The Morgan fingerprint density at radius 1 is 0.729 bits per heavy atom. The van der Waals surface area contributed by atoms with Gasteiger partial charge in [-0.2, -0.15) is 0 Å². The van der Waals surface area contributed by atoms with Crippen LogP contribution in [0.1, 0.15) is 65.5 Å². The Labute approximate surface area is 281 Å². The van der Waals surface area contributed by atoms with Crippen LogP contribution in [0.3, 0.4) is 0 Å². The number of rotatable bonds is 16. The molecule has 2 aromatic rings. The van der Waals surface area contributed by atoms with Gasteiger partial charge in [0.05, 0.1) is 13.5 Å². The molecule has 4 amide bonds. The topological polar surface area (TPSA) is 178 Å². The van der Waals surface area contributed by atoms with Gasteiger partial charge in [0.25, 0.3) is 0 Å². The average molecular weight is 669 g/mol. The predicted molar refractivity (Wildman–Crippen MR) is 177 cm³/mol. The van der Waals surface area contributed by atoms with Crippen molar-refractivity contribution in [3.8, 4) is 0 Å². The normalized spacial score (nSPS) is 14.1. The van der Waals surface area contributed by atoms with Crippen molar-refractivity contribution < 1.29 is 43.0 Å². The number of hydrogen-bond acceptors (Lipinski definition) is 9. The zero-order valence-electron chi connectivity index (χ0n) is 28.7. The molecule has 13 heteroatoms. The van der Waals surface area contributed by atoms with Crippen molar-refractivity contribution >= 4 is 35.8 Å². The Morgan fingerprint density at radius 3 is 1.85 bits per heavy atom. The second-order valence-corrected chi connectivity index (χ2v) is 12.4. The molecule has 0 fully saturated rings. The fourth-order valence-electron chi connectivity index (χ4n) is 4.43. The Kier molecular flexibility index (Phi) is 15.5. The van der Waals surface area contributed by atoms with Crippen LogP contribution < -0.4 is 21.3 Å². The van der Waals surface area contributed by atoms with E-state index in [0.29, 0.717) is 6.42 Å². The summed E-state index contributed by atoms with van der Waals surface area (Å²) in [5, 5.41) is 10.2. The van der Waals surface area contributed by atoms with Gasteiger partial charge in [0, 0.05) is 6.42 Å². The predicted octanol–water partition coefficient (Wildman–Crippen LogP) is 2.95. The van der Waals surface area contributed by atoms with Crippen molar-refractivity contribution in [2.45, 2.75) is 97.2 Å². The third kappa shape index (κ3) is 13.8. The van der Waals surface area contributed by atoms with Gasteiger partial charge in [0.2, 0.25) is 17.7 Å². The molecule has 0 unspecified atom stereocenters. The molecule has 0 radical (unpaired) electrons. The van der Waals surface area contributed by atoms with E-state index in [1.807, 2.05) is 43.3 Å². The Morgan fingerprint density at radius 2 is 1.31 bits per heavy atom. The molecule has 0 aliphatic rings. The molecular weight excluding hydrogens is 620 g/mol. The largest absolute Gasteiger partial charge is 0.467 e. The van der Waals surface area contributed by atoms with Crippen LogP contribution in [0.2, 0.25) is 0 Å². The van der Waals surface area contributed by atoms with Crippen LogP contribution >= 0.6 is 0 Å². The quantitative estimate of drug-likeness (QED) is 0.155. The molecule has 5 atom stereocenters. The zero-order valence-corrected chi connectivity index (χ0v) is 28.7. The van der Waals surface area contributed by atoms with Crippen LogP contribution in [0.5, 0.6) is 0 Å². The van der Waals surface area contributed by atoms with Gasteiger partial charge in [0.15, 0.2) is 0 Å². The highest BCUT2D eigenvalue weighted by molar-refractivity contribution is 5.95. The third-order valence-corrected chi connectivity index (χ3v) is 7.25. The van der Waals surface area contributed by atoms with Gasteiger partial charge in [-0.1, -0.05) is 80.9 Å². The van der Waals surface area contributed by atoms with Crippen molar-refractivity contribution in [2.24, 2.45) is 5.92 Å². The monoisotopic (exact) mass is 668 g/mol. The van der Waals surface area contributed by atoms with E-state index in [1.165, 1.54) is 14.0 Å². The lowest BCUT2D eigenvalue weighted by atomic mass is 9.97. The molecule has 13 nitrogen and oxygen atoms in total. The highest BCUT2D eigenvalue weighted by Crippen LogP contribution is 2.12. The van der Waals surface area contributed by atoms with Crippen molar-refractivity contribution in [2.75, 3.05) is 7.11 Å². The molecule has 0 spiro atoms. The number of benzene rings is 2. The third-order valence-electron chi connectivity index (χ3n) is 7.25. The van der Waals surface area contributed by atoms with Gasteiger partial charge in [-0.25, -0.2) is 9.59 Å². The first-order chi connectivity index (χ1) is 22.6. The van der Waals surface area contributed by atoms with Gasteiger partial charge in [-0.05, 0) is 44.7 Å². The maximum Gasteiger partial charge on any atom is 0.408 e. The van der Waals surface area contributed by atoms with Crippen LogP contribution in [-0.2, 0) is 51.2 Å². The number of methoxy groups -OCH3 is 1. The molecule has 0 heterocycles. The molecule has 48 heavy (non-hydrogen) atoms. The lowest BCUT2D eigenvalue weighted by Gasteiger charge is -2.28. The van der Waals surface area contributed by atoms with Crippen LogP contribution in [-0.4, -0.2) is 72.6 Å². The zero-order chi connectivity index (χ0) is 35.9. The van der Waals surface area contributed by atoms with Crippen molar-refractivity contribution in [3.63, 3.8) is 0 Å². The number of carbonyl (C=O) groups excluding carboxylic acids is 6. The molecule has 0 aliphatic carbocycles. The Balaban J connectivity index is 2.13. The summed E-state index contributed by atoms with van der Waals surface area (Å²) >= 11 is 0. The van der Waals surface area contributed by atoms with Gasteiger partial charge in [-0.15, -0.1) is 0 Å². The summed E-state index contributed by atoms with van der Waals surface area (Å²) in [4.78, 5) is 77.8. The number of nitrogens with one attached hydrogen (secondary N) is 4. The van der Waals surface area contributed by atoms with Gasteiger partial charge < -0.3 is 35.5 Å². The minimum atomic E-state index is -1.44. The highest BCUT2D eigenvalue weighted by atomic mass is 16.6. The molecule has 0 aromatic heterocycles. The summed E-state index contributed by atoms with van der Waals surface area (Å²) in [6, 6.07) is 13.3. The van der Waals surface area contributed by atoms with Crippen LogP contribution in [0.15, 0.2) is 60.7 Å². The number of esters is 2. The Hall–Kier alpha value is -4.94. The van der Waals surface area contributed by atoms with Crippen LogP contribution in [0.25, 0.3) is 0 Å². The van der Waals surface area contributed by atoms with Crippen molar-refractivity contribution in [3.05, 3.63) is 71.8 Å². The van der Waals surface area contributed by atoms with Crippen LogP contribution in [0, 0.1) is 5.92 Å². The molecule has 0 saturated heterocycles. The fraction of sp³-hybridized carbons (Fsp3) is 0.486. The molecule has 0 bridgehead atoms. The first kappa shape index (κ1) is 39.2. The van der Waals surface area contributed by atoms with E-state index in [4.69, 9.17) is 14.2 Å². The summed E-state index contributed by atoms with van der Waals surface area (Å²) in [6.45, 7) is 9.88. The van der Waals surface area contributed by atoms with E-state index in [1.54, 1.807) is 52.0 Å². The number of carbonyl (C=O) groups is 6. The lowest BCUT2D eigenvalue weighted by Crippen LogP contribution is -2.59. The average Bonchev–Trinajstić information content (AvgIpc) is 3.04. The molecule has 2 aromatic carbocycles. The number of hydrogen-bond donors (Lipinski definition) is 4. The molecule has 0 aliphatic heterocycles. The minimum Gasteiger partial charge on any atom is -0.467 e. The summed E-state index contributed by atoms with van der Waals surface area (Å²) in [6.07, 6.45) is -0.805. The van der Waals surface area contributed by atoms with Crippen molar-refractivity contribution in [1.82, 2.24) is 21.3 Å². The van der Waals surface area contributed by atoms with E-state index < -0.39 is 71.9 Å². The summed E-state index contributed by atoms with van der Waals surface area (Å²) in [5.74, 6) is -3.92. The smallest absolute Gasteiger partial charge is 0.408 e. The second-order valence-electron chi connectivity index (χ2n) is 12.4. The maximum absolute atomic E-state index is 13.4. The van der Waals surface area contributed by atoms with E-state index in [-0.39, 0.29) is 18.9 Å². The second kappa shape index (κ2) is 19.0. The van der Waals surface area contributed by atoms with Gasteiger partial charge in [0.1, 0.15) is 36.4 Å². The van der Waals surface area contributed by atoms with Gasteiger partial charge in [-0.3, -0.25) is 19.2 Å². The first-order valence-corrected chi connectivity index (χ1v) is 15.8. The molecule has 0 saturated carbocycles. The summed E-state index contributed by atoms with van der Waals surface area (Å²) in [7, 11) is 1.22. The first-order valence-electron chi connectivity index (χ1n) is 15.8. The summed E-state index contributed by atoms with van der Waals surface area (Å²) in [5.41, 5.74) is 0.647. The van der Waals surface area contributed by atoms with E-state index >= 15 is 0 Å². The Bertz CT molecular complexity index is 1380. The minimum absolute atomic E-state index is 0.0412. The number of alkyl carbamates (subject to hydrolysis) is 1. The van der Waals surface area contributed by atoms with Crippen molar-refractivity contribution in [1.29, 1.82) is 0 Å². The molecule has 262 valence electrons. The SMILES string of the molecule is CC[C@H](C)[C@H](NC(=O)[C@H](C)NC(=O)[C@H](CC(=O)OCc1ccccc1)NC(=O)OC(C)(C)C)C(=O)N[C@H](Cc1ccccc1)C(=O)OC. The molecule has 2 rings (SSSR count). The van der Waals surface area contributed by atoms with E-state index in [0.717, 1.165) is 11.1 Å². The molecule has 4 N–H and O–H groups in total. The summed E-state index contributed by atoms with van der Waals surface area (Å²) < 4.78 is 15.4. The van der Waals surface area contributed by atoms with E-state index in [2.05, 4.69) is 21.3 Å². The van der Waals surface area contributed by atoms with E-state index in [9.17, 15) is 28.8 Å². The molecular formula is C35H48N4O9. The standard InChI is InChI=1S/C35H48N4O9/c1-8-22(2)29(32(43)37-27(33(44)46-7)19-24-15-11-9-12-16-24)39-30(41)23(3)36-31(42)26(38-34(45)48-35(4,5)6)20-28(40)47-21-25-17-13-10-14-18-25/h9-18,22-23,26-27,29H,8,19-21H2,1-7H3,(H,36,42)(H,37,43)(H,38,45)(H,39,41)/t22-,23-,26-,27+,29-/m0/s1. The number of amides is 4. The highest BCUT2D eigenvalue weighted by Gasteiger charge is 2.33.